The molecule has 0 aromatic rings. The highest BCUT2D eigenvalue weighted by atomic mass is 31.1. The maximum atomic E-state index is 10.4. The molecule has 3 heterocycles. The summed E-state index contributed by atoms with van der Waals surface area (Å²) >= 11 is 0. The molecule has 0 saturated carbocycles. The minimum Gasteiger partial charge on any atom is -0.402 e. The first kappa shape index (κ1) is 30.0. The van der Waals surface area contributed by atoms with Gasteiger partial charge < -0.3 is 45.7 Å². The molecule has 0 aromatic carbocycles. The molecular weight excluding hydrogens is 488 g/mol. The molecular formula is C12H18BO15P3. The first-order chi connectivity index (χ1) is 14.1. The molecule has 0 bridgehead atoms. The van der Waals surface area contributed by atoms with Crippen LogP contribution in [-0.4, -0.2) is 123 Å². The van der Waals surface area contributed by atoms with Gasteiger partial charge in [-0.1, -0.05) is 0 Å². The highest BCUT2D eigenvalue weighted by molar-refractivity contribution is 7.76. The van der Waals surface area contributed by atoms with Gasteiger partial charge in [0.25, 0.3) is 0 Å². The van der Waals surface area contributed by atoms with Crippen molar-refractivity contribution in [3.05, 3.63) is 0 Å². The van der Waals surface area contributed by atoms with Crippen LogP contribution in [0, 0.1) is 0 Å². The molecule has 9 N–H and O–H groups in total. The topological polar surface area (TPSA) is 284 Å². The molecule has 0 spiro atoms. The highest BCUT2D eigenvalue weighted by Crippen LogP contribution is 2.29. The van der Waals surface area contributed by atoms with Crippen molar-refractivity contribution in [1.82, 2.24) is 0 Å². The second kappa shape index (κ2) is 13.5. The van der Waals surface area contributed by atoms with Gasteiger partial charge >= 0.3 is 7.32 Å². The van der Waals surface area contributed by atoms with Gasteiger partial charge in [-0.15, -0.1) is 0 Å². The molecule has 3 rings (SSSR count). The fourth-order valence-electron chi connectivity index (χ4n) is 1.67. The Morgan fingerprint density at radius 2 is 0.516 bits per heavy atom. The van der Waals surface area contributed by atoms with Gasteiger partial charge in [0.2, 0.25) is 0 Å². The fraction of sp³-hybridized carbons (Fsp3) is 0.500. The Morgan fingerprint density at radius 1 is 0.419 bits per heavy atom. The van der Waals surface area contributed by atoms with Crippen LogP contribution in [0.5, 0.6) is 0 Å². The Balaban J connectivity index is 0.000000402. The van der Waals surface area contributed by atoms with E-state index in [-0.39, 0.29) is 0 Å². The highest BCUT2D eigenvalue weighted by Gasteiger charge is 2.40. The number of rotatable bonds is 0. The third-order valence-corrected chi connectivity index (χ3v) is 6.50. The van der Waals surface area contributed by atoms with E-state index in [0.29, 0.717) is 0 Å². The summed E-state index contributed by atoms with van der Waals surface area (Å²) in [6.45, 7) is 0. The zero-order chi connectivity index (χ0) is 24.6. The van der Waals surface area contributed by atoms with Gasteiger partial charge in [0.05, 0.1) is 0 Å². The average Bonchev–Trinajstić information content (AvgIpc) is 3.13. The van der Waals surface area contributed by atoms with E-state index in [1.165, 1.54) is 0 Å². The molecule has 0 aromatic heterocycles. The van der Waals surface area contributed by atoms with Crippen molar-refractivity contribution in [1.29, 1.82) is 0 Å². The standard InChI is InChI=1S/3C4H5O4P.BH3O3/c3*5-1-2(6)4(8)9-3(1)7;2-1(3)4/h3*1-2,5-6,9H;2-4H. The summed E-state index contributed by atoms with van der Waals surface area (Å²) in [5.74, 6) is 0. The summed E-state index contributed by atoms with van der Waals surface area (Å²) in [7, 11) is -3.85. The quantitative estimate of drug-likeness (QED) is 0.109. The number of hydrogen-bond donors (Lipinski definition) is 9. The van der Waals surface area contributed by atoms with E-state index in [9.17, 15) is 28.8 Å². The molecule has 31 heavy (non-hydrogen) atoms. The molecule has 15 nitrogen and oxygen atoms in total. The summed E-state index contributed by atoms with van der Waals surface area (Å²) in [5, 5.41) is 73.2. The Hall–Kier alpha value is -0.985. The lowest BCUT2D eigenvalue weighted by atomic mass is 10.2. The number of carbonyl (C=O) groups excluding carboxylic acids is 6. The van der Waals surface area contributed by atoms with Gasteiger partial charge in [-0.3, -0.25) is 28.8 Å². The van der Waals surface area contributed by atoms with Gasteiger partial charge in [-0.25, -0.2) is 0 Å². The van der Waals surface area contributed by atoms with E-state index in [1.54, 1.807) is 0 Å². The van der Waals surface area contributed by atoms with Crippen LogP contribution < -0.4 is 0 Å². The normalized spacial score (nSPS) is 34.4. The van der Waals surface area contributed by atoms with E-state index in [4.69, 9.17) is 45.7 Å². The van der Waals surface area contributed by atoms with Gasteiger partial charge in [0, 0.05) is 25.7 Å². The number of aliphatic hydroxyl groups is 6. The van der Waals surface area contributed by atoms with Gasteiger partial charge in [0.15, 0.2) is 33.1 Å². The molecule has 0 aliphatic carbocycles. The molecule has 19 heteroatoms. The van der Waals surface area contributed by atoms with Crippen LogP contribution in [0.15, 0.2) is 0 Å². The largest absolute Gasteiger partial charge is 0.631 e. The van der Waals surface area contributed by atoms with Crippen LogP contribution in [0.25, 0.3) is 0 Å². The van der Waals surface area contributed by atoms with Crippen LogP contribution >= 0.6 is 25.7 Å². The Kier molecular flexibility index (Phi) is 13.1. The Morgan fingerprint density at radius 3 is 0.548 bits per heavy atom. The van der Waals surface area contributed by atoms with Crippen LogP contribution in [0.3, 0.4) is 0 Å². The van der Waals surface area contributed by atoms with Crippen LogP contribution in [0.4, 0.5) is 0 Å². The third-order valence-electron chi connectivity index (χ3n) is 3.25. The van der Waals surface area contributed by atoms with E-state index in [0.717, 1.165) is 0 Å². The third kappa shape index (κ3) is 9.58. The van der Waals surface area contributed by atoms with Crippen LogP contribution in [-0.2, 0) is 28.8 Å². The molecule has 174 valence electrons. The molecule has 3 aliphatic heterocycles. The monoisotopic (exact) mass is 506 g/mol. The molecule has 0 radical (unpaired) electrons. The summed E-state index contributed by atoms with van der Waals surface area (Å²) in [4.78, 5) is 62.3. The summed E-state index contributed by atoms with van der Waals surface area (Å²) in [6.07, 6.45) is -8.77. The number of carbonyl (C=O) groups is 6. The van der Waals surface area contributed by atoms with Crippen molar-refractivity contribution in [2.45, 2.75) is 36.6 Å². The minimum atomic E-state index is -2.17. The Labute approximate surface area is 178 Å². The van der Waals surface area contributed by atoms with Gasteiger partial charge in [0.1, 0.15) is 36.6 Å². The molecule has 3 saturated heterocycles. The molecule has 3 fully saturated rings. The van der Waals surface area contributed by atoms with Crippen molar-refractivity contribution < 1.29 is 74.5 Å². The first-order valence-electron chi connectivity index (χ1n) is 7.78. The SMILES string of the molecule is O=C1PC(=O)C(O)C1O.O=C1PC(=O)C(O)C1O.O=C1PC(=O)C(O)C1O.OB(O)O. The average molecular weight is 506 g/mol. The lowest BCUT2D eigenvalue weighted by Crippen LogP contribution is -2.27. The molecule has 6 unspecified atom stereocenters. The molecule has 3 aliphatic rings. The fourth-order valence-corrected chi connectivity index (χ4v) is 4.23. The zero-order valence-electron chi connectivity index (χ0n) is 15.0. The zero-order valence-corrected chi connectivity index (χ0v) is 18.0. The van der Waals surface area contributed by atoms with Crippen molar-refractivity contribution in [3.63, 3.8) is 0 Å². The van der Waals surface area contributed by atoms with Gasteiger partial charge in [-0.2, -0.15) is 0 Å². The van der Waals surface area contributed by atoms with Crippen molar-refractivity contribution in [2.75, 3.05) is 0 Å². The van der Waals surface area contributed by atoms with Crippen LogP contribution in [0.1, 0.15) is 0 Å². The predicted molar refractivity (Wildman–Crippen MR) is 103 cm³/mol. The maximum absolute atomic E-state index is 10.4. The first-order valence-corrected chi connectivity index (χ1v) is 10.8. The smallest absolute Gasteiger partial charge is 0.402 e. The summed E-state index contributed by atoms with van der Waals surface area (Å²) < 4.78 is 0. The van der Waals surface area contributed by atoms with Crippen molar-refractivity contribution >= 4 is 66.2 Å². The van der Waals surface area contributed by atoms with Gasteiger partial charge in [-0.05, 0) is 0 Å². The van der Waals surface area contributed by atoms with E-state index in [2.05, 4.69) is 0 Å². The van der Waals surface area contributed by atoms with E-state index < -0.39 is 103 Å². The lowest BCUT2D eigenvalue weighted by Gasteiger charge is -2.00. The second-order valence-corrected chi connectivity index (χ2v) is 9.28. The summed E-state index contributed by atoms with van der Waals surface area (Å²) in [5.41, 5.74) is -3.37. The van der Waals surface area contributed by atoms with Crippen molar-refractivity contribution in [3.8, 4) is 0 Å². The number of hydrogen-bond acceptors (Lipinski definition) is 15. The van der Waals surface area contributed by atoms with Crippen LogP contribution in [0.2, 0.25) is 0 Å². The van der Waals surface area contributed by atoms with Crippen molar-refractivity contribution in [2.24, 2.45) is 0 Å². The minimum absolute atomic E-state index is 0.561. The number of aliphatic hydroxyl groups excluding tert-OH is 6. The maximum Gasteiger partial charge on any atom is 0.631 e. The Bertz CT molecular complexity index is 583. The summed E-state index contributed by atoms with van der Waals surface area (Å²) in [6, 6.07) is 0. The lowest BCUT2D eigenvalue weighted by molar-refractivity contribution is -0.129. The second-order valence-electron chi connectivity index (χ2n) is 5.58. The van der Waals surface area contributed by atoms with E-state index in [1.807, 2.05) is 0 Å². The molecule has 0 amide bonds. The predicted octanol–water partition coefficient (Wildman–Crippen LogP) is -6.69. The molecule has 6 atom stereocenters. The van der Waals surface area contributed by atoms with E-state index >= 15 is 0 Å².